The molecule has 10 nitrogen and oxygen atoms in total. The summed E-state index contributed by atoms with van der Waals surface area (Å²) < 4.78 is 6.52. The number of aromatic nitrogens is 3. The van der Waals surface area contributed by atoms with Gasteiger partial charge >= 0.3 is 5.97 Å². The lowest BCUT2D eigenvalue weighted by Gasteiger charge is -2.38. The van der Waals surface area contributed by atoms with E-state index >= 15 is 0 Å². The van der Waals surface area contributed by atoms with Crippen LogP contribution >= 0.6 is 0 Å². The molecule has 0 amide bonds. The number of aliphatic hydroxyl groups excluding tert-OH is 3. The molecule has 0 aromatic carbocycles. The highest BCUT2D eigenvalue weighted by Crippen LogP contribution is 2.28. The van der Waals surface area contributed by atoms with Gasteiger partial charge in [0.1, 0.15) is 18.3 Å². The van der Waals surface area contributed by atoms with E-state index in [0.717, 1.165) is 13.0 Å². The molecule has 0 saturated carbocycles. The van der Waals surface area contributed by atoms with Crippen LogP contribution in [0.5, 0.6) is 0 Å². The van der Waals surface area contributed by atoms with E-state index in [4.69, 9.17) is 9.84 Å². The summed E-state index contributed by atoms with van der Waals surface area (Å²) in [5, 5.41) is 49.8. The molecule has 0 bridgehead atoms. The van der Waals surface area contributed by atoms with Gasteiger partial charge in [0.2, 0.25) is 0 Å². The summed E-state index contributed by atoms with van der Waals surface area (Å²) >= 11 is 0. The van der Waals surface area contributed by atoms with Gasteiger partial charge in [0.15, 0.2) is 12.3 Å². The number of carboxylic acid groups (broad SMARTS) is 1. The van der Waals surface area contributed by atoms with E-state index in [1.807, 2.05) is 0 Å². The maximum Gasteiger partial charge on any atom is 0.335 e. The first-order chi connectivity index (χ1) is 11.8. The van der Waals surface area contributed by atoms with Gasteiger partial charge in [0, 0.05) is 13.0 Å². The molecular weight excluding hydrogens is 332 g/mol. The summed E-state index contributed by atoms with van der Waals surface area (Å²) in [5.41, 5.74) is 0.619. The molecule has 2 heterocycles. The van der Waals surface area contributed by atoms with E-state index in [1.165, 1.54) is 10.9 Å². The van der Waals surface area contributed by atoms with Gasteiger partial charge in [0.05, 0.1) is 11.9 Å². The van der Waals surface area contributed by atoms with Crippen molar-refractivity contribution in [2.24, 2.45) is 5.92 Å². The molecule has 1 aliphatic heterocycles. The molecule has 10 heteroatoms. The predicted octanol–water partition coefficient (Wildman–Crippen LogP) is -1.48. The monoisotopic (exact) mass is 358 g/mol. The quantitative estimate of drug-likeness (QED) is 0.351. The van der Waals surface area contributed by atoms with Gasteiger partial charge in [-0.25, -0.2) is 9.48 Å². The van der Waals surface area contributed by atoms with Crippen molar-refractivity contribution in [1.82, 2.24) is 20.3 Å². The van der Waals surface area contributed by atoms with Gasteiger partial charge in [-0.15, -0.1) is 5.10 Å². The fraction of sp³-hybridized carbons (Fsp3) is 0.800. The molecule has 5 unspecified atom stereocenters. The summed E-state index contributed by atoms with van der Waals surface area (Å²) in [5.74, 6) is -0.827. The van der Waals surface area contributed by atoms with Crippen molar-refractivity contribution in [3.63, 3.8) is 0 Å². The standard InChI is InChI=1S/C15H26N4O6/c1-8(2)3-5-16-6-4-9-7-17-18-19(9)14-12(22)10(20)11(21)13(25-14)15(23)24/h7-8,10-14,16,20-22H,3-6H2,1-2H3,(H,23,24). The molecule has 0 spiro atoms. The molecule has 5 N–H and O–H groups in total. The van der Waals surface area contributed by atoms with Gasteiger partial charge in [0.25, 0.3) is 0 Å². The molecule has 0 radical (unpaired) electrons. The molecule has 5 atom stereocenters. The second-order valence-electron chi connectivity index (χ2n) is 6.61. The average molecular weight is 358 g/mol. The normalized spacial score (nSPS) is 29.9. The third kappa shape index (κ3) is 4.73. The van der Waals surface area contributed by atoms with Crippen molar-refractivity contribution in [3.05, 3.63) is 11.9 Å². The maximum atomic E-state index is 11.2. The molecule has 0 aliphatic carbocycles. The Bertz CT molecular complexity index is 566. The number of hydrogen-bond donors (Lipinski definition) is 5. The molecule has 25 heavy (non-hydrogen) atoms. The Morgan fingerprint density at radius 3 is 2.64 bits per heavy atom. The zero-order valence-corrected chi connectivity index (χ0v) is 14.3. The van der Waals surface area contributed by atoms with Crippen LogP contribution in [-0.4, -0.2) is 78.9 Å². The number of rotatable bonds is 8. The van der Waals surface area contributed by atoms with E-state index < -0.39 is 36.6 Å². The van der Waals surface area contributed by atoms with Crippen molar-refractivity contribution < 1.29 is 30.0 Å². The van der Waals surface area contributed by atoms with Crippen LogP contribution in [0.25, 0.3) is 0 Å². The SMILES string of the molecule is CC(C)CCNCCc1cnnn1C1OC(C(=O)O)C(O)C(O)C1O. The number of carbonyl (C=O) groups is 1. The fourth-order valence-electron chi connectivity index (χ4n) is 2.66. The molecule has 1 fully saturated rings. The van der Waals surface area contributed by atoms with Crippen molar-refractivity contribution in [2.45, 2.75) is 57.3 Å². The number of nitrogens with one attached hydrogen (secondary N) is 1. The highest BCUT2D eigenvalue weighted by atomic mass is 16.6. The molecule has 2 rings (SSSR count). The number of carboxylic acids is 1. The minimum absolute atomic E-state index is 0.536. The summed E-state index contributed by atoms with van der Waals surface area (Å²) in [6.45, 7) is 5.80. The summed E-state index contributed by atoms with van der Waals surface area (Å²) in [6, 6.07) is 0. The Hall–Kier alpha value is -1.59. The first kappa shape index (κ1) is 19.7. The number of aliphatic hydroxyl groups is 3. The van der Waals surface area contributed by atoms with Crippen molar-refractivity contribution in [3.8, 4) is 0 Å². The van der Waals surface area contributed by atoms with Crippen LogP contribution in [0.4, 0.5) is 0 Å². The zero-order valence-electron chi connectivity index (χ0n) is 14.3. The second kappa shape index (κ2) is 8.68. The molecule has 142 valence electrons. The summed E-state index contributed by atoms with van der Waals surface area (Å²) in [7, 11) is 0. The smallest absolute Gasteiger partial charge is 0.335 e. The van der Waals surface area contributed by atoms with Crippen LogP contribution in [0, 0.1) is 5.92 Å². The average Bonchev–Trinajstić information content (AvgIpc) is 3.00. The topological polar surface area (TPSA) is 150 Å². The molecular formula is C15H26N4O6. The molecule has 1 saturated heterocycles. The number of nitrogens with zero attached hydrogens (tertiary/aromatic N) is 3. The largest absolute Gasteiger partial charge is 0.479 e. The number of hydrogen-bond acceptors (Lipinski definition) is 8. The summed E-state index contributed by atoms with van der Waals surface area (Å²) in [6.07, 6.45) is -4.75. The van der Waals surface area contributed by atoms with Crippen molar-refractivity contribution >= 4 is 5.97 Å². The van der Waals surface area contributed by atoms with Crippen LogP contribution < -0.4 is 5.32 Å². The van der Waals surface area contributed by atoms with Gasteiger partial charge in [-0.3, -0.25) is 0 Å². The first-order valence-corrected chi connectivity index (χ1v) is 8.35. The van der Waals surface area contributed by atoms with E-state index in [0.29, 0.717) is 24.6 Å². The summed E-state index contributed by atoms with van der Waals surface area (Å²) in [4.78, 5) is 11.2. The lowest BCUT2D eigenvalue weighted by molar-refractivity contribution is -0.249. The van der Waals surface area contributed by atoms with Crippen LogP contribution in [-0.2, 0) is 16.0 Å². The van der Waals surface area contributed by atoms with Crippen LogP contribution in [0.2, 0.25) is 0 Å². The van der Waals surface area contributed by atoms with Crippen molar-refractivity contribution in [2.75, 3.05) is 13.1 Å². The zero-order chi connectivity index (χ0) is 18.6. The number of aliphatic carboxylic acids is 1. The Balaban J connectivity index is 2.03. The maximum absolute atomic E-state index is 11.2. The Morgan fingerprint density at radius 1 is 1.28 bits per heavy atom. The minimum atomic E-state index is -1.73. The highest BCUT2D eigenvalue weighted by molar-refractivity contribution is 5.73. The molecule has 1 aliphatic rings. The van der Waals surface area contributed by atoms with Gasteiger partial charge < -0.3 is 30.5 Å². The second-order valence-corrected chi connectivity index (χ2v) is 6.61. The Labute approximate surface area is 145 Å². The number of ether oxygens (including phenoxy) is 1. The highest BCUT2D eigenvalue weighted by Gasteiger charge is 2.48. The predicted molar refractivity (Wildman–Crippen MR) is 85.6 cm³/mol. The third-order valence-electron chi connectivity index (χ3n) is 4.18. The van der Waals surface area contributed by atoms with Crippen LogP contribution in [0.3, 0.4) is 0 Å². The van der Waals surface area contributed by atoms with E-state index in [2.05, 4.69) is 29.5 Å². The molecule has 1 aromatic heterocycles. The third-order valence-corrected chi connectivity index (χ3v) is 4.18. The lowest BCUT2D eigenvalue weighted by Crippen LogP contribution is -2.58. The molecule has 1 aromatic rings. The van der Waals surface area contributed by atoms with Crippen LogP contribution in [0.1, 0.15) is 32.2 Å². The van der Waals surface area contributed by atoms with E-state index in [9.17, 15) is 20.1 Å². The lowest BCUT2D eigenvalue weighted by atomic mass is 9.98. The van der Waals surface area contributed by atoms with Gasteiger partial charge in [-0.2, -0.15) is 0 Å². The van der Waals surface area contributed by atoms with Crippen molar-refractivity contribution in [1.29, 1.82) is 0 Å². The first-order valence-electron chi connectivity index (χ1n) is 8.35. The fourth-order valence-corrected chi connectivity index (χ4v) is 2.66. The minimum Gasteiger partial charge on any atom is -0.479 e. The van der Waals surface area contributed by atoms with Gasteiger partial charge in [-0.05, 0) is 18.9 Å². The Morgan fingerprint density at radius 2 is 2.00 bits per heavy atom. The van der Waals surface area contributed by atoms with Crippen LogP contribution in [0.15, 0.2) is 6.20 Å². The van der Waals surface area contributed by atoms with Gasteiger partial charge in [-0.1, -0.05) is 19.1 Å². The Kier molecular flexibility index (Phi) is 6.85. The van der Waals surface area contributed by atoms with E-state index in [-0.39, 0.29) is 0 Å². The van der Waals surface area contributed by atoms with E-state index in [1.54, 1.807) is 0 Å².